The van der Waals surface area contributed by atoms with Crippen molar-refractivity contribution in [1.82, 2.24) is 4.98 Å². The Balaban J connectivity index is 2.17. The molecule has 0 radical (unpaired) electrons. The number of thiazole rings is 1. The molecule has 0 spiro atoms. The zero-order valence-electron chi connectivity index (χ0n) is 14.9. The first-order valence-electron chi connectivity index (χ1n) is 7.92. The van der Waals surface area contributed by atoms with Gasteiger partial charge in [0.05, 0.1) is 18.0 Å². The molecule has 0 saturated heterocycles. The fourth-order valence-corrected chi connectivity index (χ4v) is 2.82. The number of hydrogen-bond donors (Lipinski definition) is 3. The summed E-state index contributed by atoms with van der Waals surface area (Å²) in [6.45, 7) is 4.70. The minimum Gasteiger partial charge on any atom is -0.506 e. The molecule has 27 heavy (non-hydrogen) atoms. The number of carbonyl (C=O) groups excluding carboxylic acids is 3. The second-order valence-corrected chi connectivity index (χ2v) is 6.25. The van der Waals surface area contributed by atoms with E-state index in [0.717, 1.165) is 11.3 Å². The van der Waals surface area contributed by atoms with Gasteiger partial charge in [-0.3, -0.25) is 20.3 Å². The number of rotatable bonds is 7. The molecule has 0 aliphatic carbocycles. The van der Waals surface area contributed by atoms with Gasteiger partial charge in [0.15, 0.2) is 16.6 Å². The van der Waals surface area contributed by atoms with E-state index in [4.69, 9.17) is 4.74 Å². The normalized spacial score (nSPS) is 11.0. The summed E-state index contributed by atoms with van der Waals surface area (Å²) in [4.78, 5) is 40.3. The maximum absolute atomic E-state index is 12.4. The van der Waals surface area contributed by atoms with E-state index < -0.39 is 23.4 Å². The lowest BCUT2D eigenvalue weighted by molar-refractivity contribution is -0.114. The maximum atomic E-state index is 12.4. The SMILES string of the molecule is CCOC(=O)c1sc(NC(=O)/C(=N/Nc2ccccc2O)C(C)=O)nc1C. The third kappa shape index (κ3) is 5.11. The highest BCUT2D eigenvalue weighted by Gasteiger charge is 2.21. The Hall–Kier alpha value is -3.27. The molecule has 9 nitrogen and oxygen atoms in total. The van der Waals surface area contributed by atoms with E-state index >= 15 is 0 Å². The summed E-state index contributed by atoms with van der Waals surface area (Å²) in [6.07, 6.45) is 0. The highest BCUT2D eigenvalue weighted by Crippen LogP contribution is 2.24. The molecule has 0 fully saturated rings. The molecule has 0 unspecified atom stereocenters. The summed E-state index contributed by atoms with van der Waals surface area (Å²) < 4.78 is 4.92. The lowest BCUT2D eigenvalue weighted by Gasteiger charge is -2.06. The molecule has 142 valence electrons. The summed E-state index contributed by atoms with van der Waals surface area (Å²) in [6, 6.07) is 6.24. The number of carbonyl (C=O) groups is 3. The number of nitrogens with zero attached hydrogens (tertiary/aromatic N) is 2. The van der Waals surface area contributed by atoms with Crippen LogP contribution in [0.2, 0.25) is 0 Å². The van der Waals surface area contributed by atoms with Crippen molar-refractivity contribution in [2.75, 3.05) is 17.3 Å². The van der Waals surface area contributed by atoms with Crippen LogP contribution in [0, 0.1) is 6.92 Å². The fourth-order valence-electron chi connectivity index (χ4n) is 1.97. The first-order valence-corrected chi connectivity index (χ1v) is 8.73. The highest BCUT2D eigenvalue weighted by atomic mass is 32.1. The molecule has 0 aliphatic rings. The summed E-state index contributed by atoms with van der Waals surface area (Å²) in [7, 11) is 0. The Kier molecular flexibility index (Phi) is 6.61. The average molecular weight is 390 g/mol. The summed E-state index contributed by atoms with van der Waals surface area (Å²) in [5, 5.41) is 16.0. The zero-order valence-corrected chi connectivity index (χ0v) is 15.7. The predicted octanol–water partition coefficient (Wildman–Crippen LogP) is 2.33. The summed E-state index contributed by atoms with van der Waals surface area (Å²) in [5.74, 6) is -2.00. The lowest BCUT2D eigenvalue weighted by atomic mass is 10.2. The van der Waals surface area contributed by atoms with Gasteiger partial charge in [-0.05, 0) is 26.0 Å². The number of aromatic hydroxyl groups is 1. The van der Waals surface area contributed by atoms with Crippen molar-refractivity contribution in [1.29, 1.82) is 0 Å². The van der Waals surface area contributed by atoms with Gasteiger partial charge in [-0.15, -0.1) is 0 Å². The van der Waals surface area contributed by atoms with Gasteiger partial charge in [0.2, 0.25) is 0 Å². The number of anilines is 2. The smallest absolute Gasteiger partial charge is 0.350 e. The number of amides is 1. The molecular formula is C17H18N4O5S. The molecule has 1 heterocycles. The van der Waals surface area contributed by atoms with Crippen molar-refractivity contribution in [3.05, 3.63) is 34.8 Å². The molecule has 0 aliphatic heterocycles. The van der Waals surface area contributed by atoms with Crippen LogP contribution in [-0.4, -0.2) is 40.1 Å². The number of hydrazone groups is 1. The van der Waals surface area contributed by atoms with E-state index in [2.05, 4.69) is 20.8 Å². The largest absolute Gasteiger partial charge is 0.506 e. The lowest BCUT2D eigenvalue weighted by Crippen LogP contribution is -2.29. The first kappa shape index (κ1) is 20.0. The van der Waals surface area contributed by atoms with E-state index in [-0.39, 0.29) is 28.1 Å². The predicted molar refractivity (Wildman–Crippen MR) is 101 cm³/mol. The maximum Gasteiger partial charge on any atom is 0.350 e. The number of para-hydroxylation sites is 2. The first-order chi connectivity index (χ1) is 12.8. The van der Waals surface area contributed by atoms with Gasteiger partial charge in [-0.25, -0.2) is 9.78 Å². The van der Waals surface area contributed by atoms with Crippen molar-refractivity contribution in [2.45, 2.75) is 20.8 Å². The monoisotopic (exact) mass is 390 g/mol. The number of aryl methyl sites for hydroxylation is 1. The quantitative estimate of drug-likeness (QED) is 0.217. The minimum atomic E-state index is -0.797. The molecule has 3 N–H and O–H groups in total. The van der Waals surface area contributed by atoms with Gasteiger partial charge >= 0.3 is 5.97 Å². The van der Waals surface area contributed by atoms with Crippen molar-refractivity contribution < 1.29 is 24.2 Å². The molecule has 10 heteroatoms. The van der Waals surface area contributed by atoms with Crippen LogP contribution in [0.25, 0.3) is 0 Å². The second-order valence-electron chi connectivity index (χ2n) is 5.25. The molecule has 1 aromatic heterocycles. The van der Waals surface area contributed by atoms with Crippen LogP contribution < -0.4 is 10.7 Å². The highest BCUT2D eigenvalue weighted by molar-refractivity contribution is 7.17. The molecule has 2 rings (SSSR count). The van der Waals surface area contributed by atoms with Crippen LogP contribution in [0.4, 0.5) is 10.8 Å². The van der Waals surface area contributed by atoms with Crippen LogP contribution in [0.1, 0.15) is 29.2 Å². The Labute approximate surface area is 159 Å². The Morgan fingerprint density at radius 1 is 1.30 bits per heavy atom. The summed E-state index contributed by atoms with van der Waals surface area (Å²) in [5.41, 5.74) is 2.70. The number of phenolic OH excluding ortho intramolecular Hbond substituents is 1. The van der Waals surface area contributed by atoms with Crippen molar-refractivity contribution >= 4 is 45.5 Å². The number of Topliss-reactive ketones (excluding diaryl/α,β-unsaturated/α-hetero) is 1. The number of ketones is 1. The van der Waals surface area contributed by atoms with Gasteiger partial charge < -0.3 is 9.84 Å². The van der Waals surface area contributed by atoms with Crippen LogP contribution in [0.5, 0.6) is 5.75 Å². The van der Waals surface area contributed by atoms with E-state index in [1.54, 1.807) is 26.0 Å². The number of aromatic nitrogens is 1. The van der Waals surface area contributed by atoms with Gasteiger partial charge in [0, 0.05) is 6.92 Å². The molecule has 0 saturated carbocycles. The van der Waals surface area contributed by atoms with Crippen molar-refractivity contribution in [3.8, 4) is 5.75 Å². The number of nitrogens with one attached hydrogen (secondary N) is 2. The van der Waals surface area contributed by atoms with Gasteiger partial charge in [0.25, 0.3) is 5.91 Å². The van der Waals surface area contributed by atoms with Crippen LogP contribution in [-0.2, 0) is 14.3 Å². The fraction of sp³-hybridized carbons (Fsp3) is 0.235. The van der Waals surface area contributed by atoms with Crippen LogP contribution in [0.3, 0.4) is 0 Å². The Bertz CT molecular complexity index is 906. The van der Waals surface area contributed by atoms with E-state index in [0.29, 0.717) is 5.69 Å². The topological polar surface area (TPSA) is 130 Å². The van der Waals surface area contributed by atoms with E-state index in [1.807, 2.05) is 0 Å². The van der Waals surface area contributed by atoms with Gasteiger partial charge in [-0.2, -0.15) is 5.10 Å². The Morgan fingerprint density at radius 2 is 2.00 bits per heavy atom. The standard InChI is InChI=1S/C17H18N4O5S/c1-4-26-16(25)14-9(2)18-17(27-14)19-15(24)13(10(3)22)21-20-11-7-5-6-8-12(11)23/h5-8,20,23H,4H2,1-3H3,(H,18,19,24)/b21-13+. The van der Waals surface area contributed by atoms with Crippen LogP contribution in [0.15, 0.2) is 29.4 Å². The third-order valence-electron chi connectivity index (χ3n) is 3.22. The number of esters is 1. The second kappa shape index (κ2) is 8.90. The van der Waals surface area contributed by atoms with Crippen molar-refractivity contribution in [3.63, 3.8) is 0 Å². The molecule has 2 aromatic rings. The Morgan fingerprint density at radius 3 is 2.63 bits per heavy atom. The molecule has 1 amide bonds. The molecule has 0 bridgehead atoms. The molecule has 0 atom stereocenters. The third-order valence-corrected chi connectivity index (χ3v) is 4.27. The molecule has 1 aromatic carbocycles. The zero-order chi connectivity index (χ0) is 20.0. The van der Waals surface area contributed by atoms with E-state index in [1.165, 1.54) is 19.1 Å². The minimum absolute atomic E-state index is 0.0841. The van der Waals surface area contributed by atoms with E-state index in [9.17, 15) is 19.5 Å². The van der Waals surface area contributed by atoms with Crippen LogP contribution >= 0.6 is 11.3 Å². The van der Waals surface area contributed by atoms with Crippen molar-refractivity contribution in [2.24, 2.45) is 5.10 Å². The number of benzene rings is 1. The number of hydrogen-bond acceptors (Lipinski definition) is 9. The number of ether oxygens (including phenoxy) is 1. The van der Waals surface area contributed by atoms with Gasteiger partial charge in [-0.1, -0.05) is 23.5 Å². The average Bonchev–Trinajstić information content (AvgIpc) is 2.97. The summed E-state index contributed by atoms with van der Waals surface area (Å²) >= 11 is 0.938. The van der Waals surface area contributed by atoms with Gasteiger partial charge in [0.1, 0.15) is 10.6 Å². The molecular weight excluding hydrogens is 372 g/mol. The number of phenols is 1.